The fourth-order valence-electron chi connectivity index (χ4n) is 4.32. The summed E-state index contributed by atoms with van der Waals surface area (Å²) in [7, 11) is 6.02. The molecule has 1 aliphatic rings. The number of aromatic nitrogens is 5. The van der Waals surface area contributed by atoms with Gasteiger partial charge >= 0.3 is 6.03 Å². The van der Waals surface area contributed by atoms with Gasteiger partial charge in [0.1, 0.15) is 5.69 Å². The molecule has 0 radical (unpaired) electrons. The number of nitrogens with zero attached hydrogens (tertiary/aromatic N) is 7. The van der Waals surface area contributed by atoms with E-state index < -0.39 is 23.4 Å². The Bertz CT molecular complexity index is 1470. The highest BCUT2D eigenvalue weighted by molar-refractivity contribution is 6.11. The van der Waals surface area contributed by atoms with Crippen LogP contribution in [0.5, 0.6) is 11.5 Å². The average Bonchev–Trinajstić information content (AvgIpc) is 3.43. The smallest absolute Gasteiger partial charge is 0.334 e. The summed E-state index contributed by atoms with van der Waals surface area (Å²) in [6.45, 7) is 1.73. The lowest BCUT2D eigenvalue weighted by Crippen LogP contribution is -2.45. The Morgan fingerprint density at radius 3 is 2.22 bits per heavy atom. The number of pyridine rings is 1. The van der Waals surface area contributed by atoms with Gasteiger partial charge in [0, 0.05) is 49.9 Å². The molecule has 36 heavy (non-hydrogen) atoms. The van der Waals surface area contributed by atoms with Gasteiger partial charge in [-0.05, 0) is 13.0 Å². The second kappa shape index (κ2) is 8.63. The molecule has 0 fully saturated rings. The van der Waals surface area contributed by atoms with Crippen molar-refractivity contribution in [3.63, 3.8) is 0 Å². The van der Waals surface area contributed by atoms with Crippen LogP contribution in [-0.2, 0) is 20.6 Å². The fraction of sp³-hybridized carbons (Fsp3) is 0.250. The number of halogens is 2. The van der Waals surface area contributed by atoms with E-state index in [1.807, 2.05) is 20.2 Å². The molecule has 3 aromatic heterocycles. The average molecular weight is 495 g/mol. The van der Waals surface area contributed by atoms with Crippen molar-refractivity contribution in [1.29, 1.82) is 0 Å². The van der Waals surface area contributed by atoms with Gasteiger partial charge in [0.05, 0.1) is 49.7 Å². The lowest BCUT2D eigenvalue weighted by atomic mass is 10.1. The van der Waals surface area contributed by atoms with Crippen LogP contribution >= 0.6 is 0 Å². The van der Waals surface area contributed by atoms with Gasteiger partial charge in [0.25, 0.3) is 0 Å². The fourth-order valence-corrected chi connectivity index (χ4v) is 4.32. The molecule has 0 saturated carbocycles. The number of hydrogen-bond donors (Lipinski definition) is 0. The highest BCUT2D eigenvalue weighted by Crippen LogP contribution is 2.43. The van der Waals surface area contributed by atoms with Gasteiger partial charge in [-0.3, -0.25) is 24.1 Å². The molecule has 0 aliphatic carbocycles. The van der Waals surface area contributed by atoms with Crippen molar-refractivity contribution in [2.24, 2.45) is 14.1 Å². The molecule has 0 spiro atoms. The standard InChI is InChI=1S/C24H23F2N7O3/c1-13-16(12-31(3)29-13)17-6-18-14(8-27-17)10-32(24(34)33(18)15-9-28-30(2)11-15)23-21(25)19(35-4)7-20(36-5)22(23)26/h6-9,11-12H,10H2,1-5H3. The number of anilines is 3. The largest absolute Gasteiger partial charge is 0.493 e. The van der Waals surface area contributed by atoms with Crippen molar-refractivity contribution >= 4 is 23.1 Å². The Labute approximate surface area is 205 Å². The maximum absolute atomic E-state index is 15.4. The van der Waals surface area contributed by atoms with Gasteiger partial charge in [-0.25, -0.2) is 13.6 Å². The molecule has 2 amide bonds. The lowest BCUT2D eigenvalue weighted by Gasteiger charge is -2.36. The summed E-state index contributed by atoms with van der Waals surface area (Å²) < 4.78 is 44.1. The van der Waals surface area contributed by atoms with Gasteiger partial charge in [-0.2, -0.15) is 10.2 Å². The second-order valence-electron chi connectivity index (χ2n) is 8.33. The van der Waals surface area contributed by atoms with E-state index in [0.29, 0.717) is 22.6 Å². The predicted octanol–water partition coefficient (Wildman–Crippen LogP) is 4.10. The number of amides is 2. The first-order valence-corrected chi connectivity index (χ1v) is 10.9. The number of carbonyl (C=O) groups is 1. The van der Waals surface area contributed by atoms with Crippen LogP contribution in [0.25, 0.3) is 11.3 Å². The summed E-state index contributed by atoms with van der Waals surface area (Å²) in [6.07, 6.45) is 6.56. The summed E-state index contributed by atoms with van der Waals surface area (Å²) in [5, 5.41) is 8.54. The number of methoxy groups -OCH3 is 2. The van der Waals surface area contributed by atoms with Gasteiger partial charge in [0.15, 0.2) is 23.1 Å². The highest BCUT2D eigenvalue weighted by Gasteiger charge is 2.38. The predicted molar refractivity (Wildman–Crippen MR) is 128 cm³/mol. The number of benzene rings is 1. The molecule has 1 aromatic carbocycles. The minimum Gasteiger partial charge on any atom is -0.493 e. The van der Waals surface area contributed by atoms with Crippen molar-refractivity contribution in [2.75, 3.05) is 24.0 Å². The molecule has 1 aliphatic heterocycles. The van der Waals surface area contributed by atoms with E-state index in [1.54, 1.807) is 30.2 Å². The Balaban J connectivity index is 1.71. The number of hydrogen-bond acceptors (Lipinski definition) is 6. The van der Waals surface area contributed by atoms with Gasteiger partial charge in [0.2, 0.25) is 0 Å². The molecule has 0 saturated heterocycles. The molecule has 0 N–H and O–H groups in total. The molecule has 5 rings (SSSR count). The Morgan fingerprint density at radius 1 is 0.972 bits per heavy atom. The van der Waals surface area contributed by atoms with E-state index in [1.165, 1.54) is 30.0 Å². The molecule has 0 unspecified atom stereocenters. The van der Waals surface area contributed by atoms with E-state index in [-0.39, 0.29) is 18.0 Å². The number of fused-ring (bicyclic) bond motifs is 1. The second-order valence-corrected chi connectivity index (χ2v) is 8.33. The molecule has 0 atom stereocenters. The van der Waals surface area contributed by atoms with E-state index in [4.69, 9.17) is 9.47 Å². The minimum atomic E-state index is -1.02. The van der Waals surface area contributed by atoms with Crippen LogP contribution in [0.2, 0.25) is 0 Å². The first kappa shape index (κ1) is 23.3. The monoisotopic (exact) mass is 495 g/mol. The normalized spacial score (nSPS) is 13.2. The Kier molecular flexibility index (Phi) is 5.58. The van der Waals surface area contributed by atoms with Crippen molar-refractivity contribution in [2.45, 2.75) is 13.5 Å². The Hall–Kier alpha value is -4.48. The zero-order valence-corrected chi connectivity index (χ0v) is 20.3. The number of carbonyl (C=O) groups excluding carboxylic acids is 1. The molecule has 10 nitrogen and oxygen atoms in total. The molecule has 186 valence electrons. The van der Waals surface area contributed by atoms with Gasteiger partial charge in [-0.15, -0.1) is 0 Å². The first-order valence-electron chi connectivity index (χ1n) is 10.9. The molecule has 12 heteroatoms. The van der Waals surface area contributed by atoms with Gasteiger partial charge < -0.3 is 9.47 Å². The maximum Gasteiger partial charge on any atom is 0.334 e. The van der Waals surface area contributed by atoms with E-state index >= 15 is 8.78 Å². The van der Waals surface area contributed by atoms with E-state index in [2.05, 4.69) is 15.2 Å². The summed E-state index contributed by atoms with van der Waals surface area (Å²) in [6, 6.07) is 2.18. The summed E-state index contributed by atoms with van der Waals surface area (Å²) in [4.78, 5) is 20.8. The van der Waals surface area contributed by atoms with Crippen LogP contribution in [0.3, 0.4) is 0 Å². The maximum atomic E-state index is 15.4. The van der Waals surface area contributed by atoms with Gasteiger partial charge in [-0.1, -0.05) is 0 Å². The lowest BCUT2D eigenvalue weighted by molar-refractivity contribution is 0.251. The van der Waals surface area contributed by atoms with Crippen molar-refractivity contribution in [3.05, 3.63) is 59.8 Å². The van der Waals surface area contributed by atoms with Crippen molar-refractivity contribution in [3.8, 4) is 22.8 Å². The van der Waals surface area contributed by atoms with Crippen LogP contribution in [0.15, 0.2) is 36.9 Å². The quantitative estimate of drug-likeness (QED) is 0.414. The van der Waals surface area contributed by atoms with Crippen molar-refractivity contribution < 1.29 is 23.0 Å². The first-order chi connectivity index (χ1) is 17.2. The molecule has 4 heterocycles. The number of aryl methyl sites for hydroxylation is 3. The van der Waals surface area contributed by atoms with Crippen LogP contribution in [0.1, 0.15) is 11.3 Å². The summed E-state index contributed by atoms with van der Waals surface area (Å²) >= 11 is 0. The highest BCUT2D eigenvalue weighted by atomic mass is 19.1. The minimum absolute atomic E-state index is 0.131. The van der Waals surface area contributed by atoms with E-state index in [9.17, 15) is 4.79 Å². The number of ether oxygens (including phenoxy) is 2. The molecule has 4 aromatic rings. The SMILES string of the molecule is COc1cc(OC)c(F)c(N2Cc3cnc(-c4cn(C)nc4C)cc3N(c3cnn(C)c3)C2=O)c1F. The van der Waals surface area contributed by atoms with Crippen LogP contribution in [0, 0.1) is 18.6 Å². The third-order valence-electron chi connectivity index (χ3n) is 6.01. The van der Waals surface area contributed by atoms with Crippen LogP contribution < -0.4 is 19.3 Å². The number of rotatable bonds is 5. The van der Waals surface area contributed by atoms with E-state index in [0.717, 1.165) is 22.2 Å². The third kappa shape index (κ3) is 3.61. The number of urea groups is 1. The Morgan fingerprint density at radius 2 is 1.67 bits per heavy atom. The van der Waals surface area contributed by atoms with Crippen molar-refractivity contribution in [1.82, 2.24) is 24.5 Å². The van der Waals surface area contributed by atoms with Crippen LogP contribution in [0.4, 0.5) is 30.6 Å². The molecular weight excluding hydrogens is 472 g/mol. The summed E-state index contributed by atoms with van der Waals surface area (Å²) in [5.41, 5.74) is 3.12. The third-order valence-corrected chi connectivity index (χ3v) is 6.01. The molecular formula is C24H23F2N7O3. The summed E-state index contributed by atoms with van der Waals surface area (Å²) in [5.74, 6) is -2.55. The van der Waals surface area contributed by atoms with Crippen LogP contribution in [-0.4, -0.2) is 44.8 Å². The molecule has 0 bridgehead atoms. The topological polar surface area (TPSA) is 90.5 Å². The zero-order valence-electron chi connectivity index (χ0n) is 20.3. The zero-order chi connectivity index (χ0) is 25.7.